The van der Waals surface area contributed by atoms with Crippen molar-refractivity contribution in [2.24, 2.45) is 0 Å². The van der Waals surface area contributed by atoms with E-state index >= 15 is 0 Å². The fourth-order valence-electron chi connectivity index (χ4n) is 4.76. The van der Waals surface area contributed by atoms with Crippen LogP contribution in [0.25, 0.3) is 0 Å². The Morgan fingerprint density at radius 1 is 0.738 bits per heavy atom. The number of hydrogen-bond acceptors (Lipinski definition) is 5. The third kappa shape index (κ3) is 6.88. The standard InChI is InChI=1S/C30H24F6N4O2/c31-29(32,33)23-8-4-21(5-9-23)27(22-6-10-24(11-7-22)30(34,35)36)40-17-16-39(26(41)19-40)18-20-2-12-25(13-3-20)42-28-37-14-1-15-38-28/h1-15,27H,16-19H2. The lowest BCUT2D eigenvalue weighted by Gasteiger charge is -2.39. The third-order valence-electron chi connectivity index (χ3n) is 6.87. The molecule has 3 aromatic carbocycles. The summed E-state index contributed by atoms with van der Waals surface area (Å²) in [5.74, 6) is 0.306. The SMILES string of the molecule is O=C1CN(C(c2ccc(C(F)(F)F)cc2)c2ccc(C(F)(F)F)cc2)CCN1Cc1ccc(Oc2ncccn2)cc1. The van der Waals surface area contributed by atoms with E-state index in [-0.39, 0.29) is 18.5 Å². The van der Waals surface area contributed by atoms with Gasteiger partial charge in [0.2, 0.25) is 5.91 Å². The molecule has 1 aliphatic rings. The molecule has 0 aliphatic carbocycles. The molecule has 0 atom stereocenters. The van der Waals surface area contributed by atoms with Gasteiger partial charge in [0.1, 0.15) is 5.75 Å². The molecule has 6 nitrogen and oxygen atoms in total. The number of piperazine rings is 1. The van der Waals surface area contributed by atoms with Crippen LogP contribution in [0.15, 0.2) is 91.3 Å². The quantitative estimate of drug-likeness (QED) is 0.225. The van der Waals surface area contributed by atoms with Crippen LogP contribution in [0.1, 0.15) is 33.9 Å². The Morgan fingerprint density at radius 3 is 1.74 bits per heavy atom. The highest BCUT2D eigenvalue weighted by Crippen LogP contribution is 2.36. The van der Waals surface area contributed by atoms with Crippen LogP contribution in [0.4, 0.5) is 26.3 Å². The molecule has 1 amide bonds. The summed E-state index contributed by atoms with van der Waals surface area (Å²) in [6.45, 7) is 0.914. The lowest BCUT2D eigenvalue weighted by molar-refractivity contribution is -0.138. The van der Waals surface area contributed by atoms with E-state index in [4.69, 9.17) is 4.74 Å². The van der Waals surface area contributed by atoms with Gasteiger partial charge in [-0.15, -0.1) is 0 Å². The minimum Gasteiger partial charge on any atom is -0.424 e. The van der Waals surface area contributed by atoms with Crippen molar-refractivity contribution in [1.82, 2.24) is 19.8 Å². The maximum Gasteiger partial charge on any atom is 0.416 e. The van der Waals surface area contributed by atoms with E-state index in [1.165, 1.54) is 24.3 Å². The van der Waals surface area contributed by atoms with Gasteiger partial charge in [-0.1, -0.05) is 36.4 Å². The first-order valence-corrected chi connectivity index (χ1v) is 12.9. The van der Waals surface area contributed by atoms with Crippen molar-refractivity contribution in [3.63, 3.8) is 0 Å². The van der Waals surface area contributed by atoms with Crippen LogP contribution in [0.2, 0.25) is 0 Å². The lowest BCUT2D eigenvalue weighted by Crippen LogP contribution is -2.51. The Bertz CT molecular complexity index is 1440. The number of hydrogen-bond donors (Lipinski definition) is 0. The molecule has 1 saturated heterocycles. The van der Waals surface area contributed by atoms with Gasteiger partial charge in [0.05, 0.1) is 23.7 Å². The second-order valence-corrected chi connectivity index (χ2v) is 9.71. The van der Waals surface area contributed by atoms with Gasteiger partial charge >= 0.3 is 18.4 Å². The summed E-state index contributed by atoms with van der Waals surface area (Å²) in [7, 11) is 0. The summed E-state index contributed by atoms with van der Waals surface area (Å²) in [6.07, 6.45) is -5.96. The smallest absolute Gasteiger partial charge is 0.416 e. The van der Waals surface area contributed by atoms with E-state index in [0.29, 0.717) is 36.5 Å². The van der Waals surface area contributed by atoms with Crippen molar-refractivity contribution in [2.45, 2.75) is 24.9 Å². The third-order valence-corrected chi connectivity index (χ3v) is 6.87. The lowest BCUT2D eigenvalue weighted by atomic mass is 9.94. The fraction of sp³-hybridized carbons (Fsp3) is 0.233. The average molecular weight is 587 g/mol. The van der Waals surface area contributed by atoms with Crippen LogP contribution in [0.5, 0.6) is 11.8 Å². The number of nitrogens with zero attached hydrogens (tertiary/aromatic N) is 4. The molecule has 1 aromatic heterocycles. The van der Waals surface area contributed by atoms with Crippen LogP contribution in [-0.4, -0.2) is 45.3 Å². The van der Waals surface area contributed by atoms with Crippen LogP contribution in [0.3, 0.4) is 0 Å². The molecular weight excluding hydrogens is 562 g/mol. The van der Waals surface area contributed by atoms with Crippen LogP contribution in [-0.2, 0) is 23.7 Å². The molecule has 12 heteroatoms. The average Bonchev–Trinajstić information content (AvgIpc) is 2.96. The van der Waals surface area contributed by atoms with E-state index in [1.807, 2.05) is 12.1 Å². The van der Waals surface area contributed by atoms with E-state index in [1.54, 1.807) is 40.4 Å². The van der Waals surface area contributed by atoms with Crippen molar-refractivity contribution in [3.8, 4) is 11.8 Å². The zero-order valence-corrected chi connectivity index (χ0v) is 21.9. The zero-order chi connectivity index (χ0) is 29.9. The first kappa shape index (κ1) is 29.1. The molecule has 1 aliphatic heterocycles. The fourth-order valence-corrected chi connectivity index (χ4v) is 4.76. The van der Waals surface area contributed by atoms with Gasteiger partial charge in [0.15, 0.2) is 0 Å². The Morgan fingerprint density at radius 2 is 1.26 bits per heavy atom. The Kier molecular flexibility index (Phi) is 8.17. The number of halogens is 6. The summed E-state index contributed by atoms with van der Waals surface area (Å²) < 4.78 is 84.6. The molecule has 0 bridgehead atoms. The second kappa shape index (κ2) is 11.8. The maximum atomic E-state index is 13.2. The number of amides is 1. The van der Waals surface area contributed by atoms with E-state index in [9.17, 15) is 31.1 Å². The minimum atomic E-state index is -4.54. The van der Waals surface area contributed by atoms with E-state index in [0.717, 1.165) is 29.8 Å². The van der Waals surface area contributed by atoms with Gasteiger partial charge < -0.3 is 9.64 Å². The predicted octanol–water partition coefficient (Wildman–Crippen LogP) is 6.74. The molecule has 0 saturated carbocycles. The zero-order valence-electron chi connectivity index (χ0n) is 21.9. The number of alkyl halides is 6. The molecule has 218 valence electrons. The van der Waals surface area contributed by atoms with Crippen molar-refractivity contribution >= 4 is 5.91 Å². The van der Waals surface area contributed by atoms with Crippen LogP contribution >= 0.6 is 0 Å². The molecule has 1 fully saturated rings. The number of rotatable bonds is 7. The topological polar surface area (TPSA) is 58.6 Å². The number of benzene rings is 3. The molecule has 4 aromatic rings. The molecule has 2 heterocycles. The molecule has 0 spiro atoms. The largest absolute Gasteiger partial charge is 0.424 e. The van der Waals surface area contributed by atoms with E-state index in [2.05, 4.69) is 9.97 Å². The highest BCUT2D eigenvalue weighted by atomic mass is 19.4. The maximum absolute atomic E-state index is 13.2. The molecule has 5 rings (SSSR count). The Labute approximate surface area is 237 Å². The van der Waals surface area contributed by atoms with Crippen molar-refractivity contribution in [1.29, 1.82) is 0 Å². The summed E-state index contributed by atoms with van der Waals surface area (Å²) >= 11 is 0. The number of ether oxygens (including phenoxy) is 1. The summed E-state index contributed by atoms with van der Waals surface area (Å²) in [4.78, 5) is 24.6. The first-order chi connectivity index (χ1) is 20.0. The molecule has 0 N–H and O–H groups in total. The summed E-state index contributed by atoms with van der Waals surface area (Å²) in [6, 6.07) is 17.2. The molecule has 42 heavy (non-hydrogen) atoms. The minimum absolute atomic E-state index is 0.0702. The first-order valence-electron chi connectivity index (χ1n) is 12.9. The van der Waals surface area contributed by atoms with E-state index < -0.39 is 29.5 Å². The normalized spacial score (nSPS) is 14.8. The highest BCUT2D eigenvalue weighted by Gasteiger charge is 2.34. The molecule has 0 radical (unpaired) electrons. The van der Waals surface area contributed by atoms with Gasteiger partial charge in [-0.05, 0) is 59.2 Å². The van der Waals surface area contributed by atoms with Gasteiger partial charge in [-0.3, -0.25) is 9.69 Å². The molecule has 0 unspecified atom stereocenters. The number of carbonyl (C=O) groups excluding carboxylic acids is 1. The monoisotopic (exact) mass is 586 g/mol. The van der Waals surface area contributed by atoms with Crippen molar-refractivity contribution < 1.29 is 35.9 Å². The Hall–Kier alpha value is -4.45. The second-order valence-electron chi connectivity index (χ2n) is 9.71. The summed E-state index contributed by atoms with van der Waals surface area (Å²) in [5, 5.41) is 0. The predicted molar refractivity (Wildman–Crippen MR) is 140 cm³/mol. The van der Waals surface area contributed by atoms with Gasteiger partial charge in [0, 0.05) is 32.0 Å². The highest BCUT2D eigenvalue weighted by molar-refractivity contribution is 5.79. The van der Waals surface area contributed by atoms with Crippen molar-refractivity contribution in [2.75, 3.05) is 19.6 Å². The molecular formula is C30H24F6N4O2. The van der Waals surface area contributed by atoms with Crippen molar-refractivity contribution in [3.05, 3.63) is 119 Å². The van der Waals surface area contributed by atoms with Gasteiger partial charge in [-0.25, -0.2) is 9.97 Å². The summed E-state index contributed by atoms with van der Waals surface area (Å²) in [5.41, 5.74) is 0.0289. The number of carbonyl (C=O) groups is 1. The van der Waals surface area contributed by atoms with Crippen LogP contribution in [0, 0.1) is 0 Å². The van der Waals surface area contributed by atoms with Crippen LogP contribution < -0.4 is 4.74 Å². The van der Waals surface area contributed by atoms with Gasteiger partial charge in [-0.2, -0.15) is 26.3 Å². The van der Waals surface area contributed by atoms with Gasteiger partial charge in [0.25, 0.3) is 0 Å². The number of aromatic nitrogens is 2. The Balaban J connectivity index is 1.31.